The summed E-state index contributed by atoms with van der Waals surface area (Å²) in [6, 6.07) is 15.3. The molecule has 2 heterocycles. The van der Waals surface area contributed by atoms with Crippen LogP contribution in [0, 0.1) is 0 Å². The highest BCUT2D eigenvalue weighted by molar-refractivity contribution is 7.21. The van der Waals surface area contributed by atoms with E-state index in [1.807, 2.05) is 17.4 Å². The summed E-state index contributed by atoms with van der Waals surface area (Å²) >= 11 is 1.81. The Kier molecular flexibility index (Phi) is 5.30. The second-order valence-corrected chi connectivity index (χ2v) is 7.07. The molecule has 1 aliphatic heterocycles. The molecule has 1 aliphatic rings. The summed E-state index contributed by atoms with van der Waals surface area (Å²) in [6.45, 7) is 2.38. The van der Waals surface area contributed by atoms with Crippen molar-refractivity contribution in [3.63, 3.8) is 0 Å². The normalized spacial score (nSPS) is 14.0. The van der Waals surface area contributed by atoms with E-state index < -0.39 is 0 Å². The monoisotopic (exact) mass is 452 g/mol. The molecule has 0 aliphatic carbocycles. The van der Waals surface area contributed by atoms with Gasteiger partial charge in [0.15, 0.2) is 0 Å². The number of thiazole rings is 1. The third-order valence-corrected chi connectivity index (χ3v) is 5.87. The number of aromatic nitrogens is 1. The maximum Gasteiger partial charge on any atom is 0.269 e. The Hall–Kier alpha value is -1.34. The zero-order valence-corrected chi connectivity index (χ0v) is 16.9. The summed E-state index contributed by atoms with van der Waals surface area (Å²) in [5.41, 5.74) is 3.86. The van der Waals surface area contributed by atoms with Crippen molar-refractivity contribution in [2.24, 2.45) is 7.05 Å². The third-order valence-electron chi connectivity index (χ3n) is 4.63. The molecule has 4 rings (SSSR count). The van der Waals surface area contributed by atoms with Crippen molar-refractivity contribution in [2.75, 3.05) is 25.1 Å². The van der Waals surface area contributed by atoms with Crippen molar-refractivity contribution in [3.05, 3.63) is 42.5 Å². The van der Waals surface area contributed by atoms with Crippen molar-refractivity contribution >= 4 is 27.2 Å². The van der Waals surface area contributed by atoms with E-state index in [1.54, 1.807) is 7.11 Å². The second kappa shape index (κ2) is 7.27. The molecule has 0 radical (unpaired) electrons. The molecule has 126 valence electrons. The number of nitrogens with zero attached hydrogens (tertiary/aromatic N) is 2. The van der Waals surface area contributed by atoms with Gasteiger partial charge in [-0.2, -0.15) is 4.57 Å². The smallest absolute Gasteiger partial charge is 0.269 e. The van der Waals surface area contributed by atoms with Crippen LogP contribution in [0.5, 0.6) is 5.75 Å². The van der Waals surface area contributed by atoms with Crippen LogP contribution in [0.1, 0.15) is 12.8 Å². The van der Waals surface area contributed by atoms with E-state index in [4.69, 9.17) is 4.74 Å². The predicted octanol–water partition coefficient (Wildman–Crippen LogP) is 1.01. The van der Waals surface area contributed by atoms with Crippen LogP contribution in [0.4, 0.5) is 5.69 Å². The highest BCUT2D eigenvalue weighted by atomic mass is 127. The van der Waals surface area contributed by atoms with Crippen LogP contribution in [0.25, 0.3) is 20.8 Å². The van der Waals surface area contributed by atoms with Gasteiger partial charge in [-0.1, -0.05) is 11.3 Å². The van der Waals surface area contributed by atoms with Gasteiger partial charge >= 0.3 is 0 Å². The fourth-order valence-corrected chi connectivity index (χ4v) is 4.49. The number of fused-ring (bicyclic) bond motifs is 1. The van der Waals surface area contributed by atoms with Gasteiger partial charge < -0.3 is 33.6 Å². The summed E-state index contributed by atoms with van der Waals surface area (Å²) in [6.07, 6.45) is 2.63. The number of methoxy groups -OCH3 is 1. The van der Waals surface area contributed by atoms with Gasteiger partial charge in [0.1, 0.15) is 17.5 Å². The Morgan fingerprint density at radius 3 is 2.42 bits per heavy atom. The summed E-state index contributed by atoms with van der Waals surface area (Å²) in [5, 5.41) is 1.28. The van der Waals surface area contributed by atoms with E-state index in [1.165, 1.54) is 52.4 Å². The van der Waals surface area contributed by atoms with Crippen LogP contribution in [0.15, 0.2) is 42.5 Å². The molecule has 0 unspecified atom stereocenters. The third kappa shape index (κ3) is 3.11. The van der Waals surface area contributed by atoms with Crippen LogP contribution in [-0.2, 0) is 7.05 Å². The van der Waals surface area contributed by atoms with E-state index in [0.717, 1.165) is 5.75 Å². The van der Waals surface area contributed by atoms with Crippen LogP contribution in [-0.4, -0.2) is 20.2 Å². The van der Waals surface area contributed by atoms with Crippen LogP contribution < -0.4 is 38.2 Å². The van der Waals surface area contributed by atoms with Crippen molar-refractivity contribution < 1.29 is 33.3 Å². The molecule has 1 fully saturated rings. The number of aryl methyl sites for hydroxylation is 1. The molecule has 1 aromatic heterocycles. The first-order chi connectivity index (χ1) is 11.3. The second-order valence-electron chi connectivity index (χ2n) is 6.04. The fraction of sp³-hybridized carbons (Fsp3) is 0.316. The Labute approximate surface area is 163 Å². The zero-order valence-electron chi connectivity index (χ0n) is 14.0. The molecular formula is C19H21IN2OS. The molecule has 3 aromatic rings. The van der Waals surface area contributed by atoms with E-state index in [9.17, 15) is 0 Å². The maximum absolute atomic E-state index is 5.34. The first kappa shape index (κ1) is 17.5. The number of rotatable bonds is 3. The first-order valence-electron chi connectivity index (χ1n) is 8.08. The van der Waals surface area contributed by atoms with Gasteiger partial charge in [-0.15, -0.1) is 0 Å². The van der Waals surface area contributed by atoms with Crippen molar-refractivity contribution in [1.82, 2.24) is 0 Å². The maximum atomic E-state index is 5.34. The Balaban J connectivity index is 0.00000169. The van der Waals surface area contributed by atoms with Gasteiger partial charge in [0.25, 0.3) is 5.01 Å². The van der Waals surface area contributed by atoms with Gasteiger partial charge in [-0.05, 0) is 43.2 Å². The molecule has 0 bridgehead atoms. The molecule has 0 spiro atoms. The minimum atomic E-state index is 0. The van der Waals surface area contributed by atoms with Gasteiger partial charge in [0.2, 0.25) is 5.52 Å². The quantitative estimate of drug-likeness (QED) is 0.436. The molecule has 3 nitrogen and oxygen atoms in total. The van der Waals surface area contributed by atoms with Crippen LogP contribution in [0.2, 0.25) is 0 Å². The topological polar surface area (TPSA) is 16.4 Å². The molecule has 0 N–H and O–H groups in total. The molecule has 1 saturated heterocycles. The number of anilines is 1. The largest absolute Gasteiger partial charge is 1.00 e. The lowest BCUT2D eigenvalue weighted by molar-refractivity contribution is -0.629. The highest BCUT2D eigenvalue weighted by Gasteiger charge is 2.20. The number of benzene rings is 2. The minimum absolute atomic E-state index is 0. The Bertz CT molecular complexity index is 838. The summed E-state index contributed by atoms with van der Waals surface area (Å²) < 4.78 is 8.86. The first-order valence-corrected chi connectivity index (χ1v) is 8.90. The van der Waals surface area contributed by atoms with Crippen molar-refractivity contribution in [1.29, 1.82) is 0 Å². The van der Waals surface area contributed by atoms with Gasteiger partial charge in [0, 0.05) is 30.9 Å². The SMILES string of the molecule is COc1ccc2c(c1)sc(-c1ccc(N3CCCC3)cc1)[n+]2C.[I-]. The van der Waals surface area contributed by atoms with Gasteiger partial charge in [-0.3, -0.25) is 0 Å². The standard InChI is InChI=1S/C19H21N2OS.HI/c1-20-17-10-9-16(22-2)13-18(17)23-19(20)14-5-7-15(8-6-14)21-11-3-4-12-21;/h5-10,13H,3-4,11-12H2,1-2H3;1H/q+1;/p-1. The van der Waals surface area contributed by atoms with Crippen LogP contribution in [0.3, 0.4) is 0 Å². The molecule has 0 atom stereocenters. The number of halogens is 1. The number of ether oxygens (including phenoxy) is 1. The molecule has 5 heteroatoms. The Morgan fingerprint density at radius 1 is 1.04 bits per heavy atom. The van der Waals surface area contributed by atoms with E-state index in [0.29, 0.717) is 0 Å². The average molecular weight is 452 g/mol. The van der Waals surface area contributed by atoms with Gasteiger partial charge in [-0.25, -0.2) is 0 Å². The fourth-order valence-electron chi connectivity index (χ4n) is 3.31. The molecule has 0 amide bonds. The summed E-state index contributed by atoms with van der Waals surface area (Å²) in [7, 11) is 3.85. The average Bonchev–Trinajstić information content (AvgIpc) is 3.23. The zero-order chi connectivity index (χ0) is 15.8. The van der Waals surface area contributed by atoms with E-state index in [2.05, 4.69) is 52.9 Å². The Morgan fingerprint density at radius 2 is 1.75 bits per heavy atom. The van der Waals surface area contributed by atoms with Crippen molar-refractivity contribution in [2.45, 2.75) is 12.8 Å². The molecule has 24 heavy (non-hydrogen) atoms. The number of hydrogen-bond donors (Lipinski definition) is 0. The number of hydrogen-bond acceptors (Lipinski definition) is 3. The van der Waals surface area contributed by atoms with E-state index >= 15 is 0 Å². The lowest BCUT2D eigenvalue weighted by Crippen LogP contribution is -3.00. The van der Waals surface area contributed by atoms with Gasteiger partial charge in [0.05, 0.1) is 12.7 Å². The lowest BCUT2D eigenvalue weighted by atomic mass is 10.2. The van der Waals surface area contributed by atoms with E-state index in [-0.39, 0.29) is 24.0 Å². The molecule has 2 aromatic carbocycles. The predicted molar refractivity (Wildman–Crippen MR) is 96.4 cm³/mol. The highest BCUT2D eigenvalue weighted by Crippen LogP contribution is 2.32. The molecule has 0 saturated carbocycles. The van der Waals surface area contributed by atoms with Crippen molar-refractivity contribution in [3.8, 4) is 16.3 Å². The summed E-state index contributed by atoms with van der Waals surface area (Å²) in [4.78, 5) is 2.47. The minimum Gasteiger partial charge on any atom is -1.00 e. The molecular weight excluding hydrogens is 431 g/mol. The summed E-state index contributed by atoms with van der Waals surface area (Å²) in [5.74, 6) is 0.912. The lowest BCUT2D eigenvalue weighted by Gasteiger charge is -2.17. The van der Waals surface area contributed by atoms with Crippen LogP contribution >= 0.6 is 11.3 Å².